The van der Waals surface area contributed by atoms with E-state index in [4.69, 9.17) is 10.5 Å². The summed E-state index contributed by atoms with van der Waals surface area (Å²) in [4.78, 5) is 12.1. The average molecular weight is 281 g/mol. The Morgan fingerprint density at radius 3 is 2.75 bits per heavy atom. The highest BCUT2D eigenvalue weighted by molar-refractivity contribution is 9.10. The van der Waals surface area contributed by atoms with Crippen LogP contribution < -0.4 is 10.5 Å². The lowest BCUT2D eigenvalue weighted by molar-refractivity contribution is 0.439. The van der Waals surface area contributed by atoms with E-state index < -0.39 is 0 Å². The van der Waals surface area contributed by atoms with Crippen LogP contribution in [0.4, 0.5) is 5.82 Å². The second-order valence-corrected chi connectivity index (χ2v) is 3.95. The van der Waals surface area contributed by atoms with Crippen LogP contribution in [0.5, 0.6) is 11.8 Å². The van der Waals surface area contributed by atoms with Gasteiger partial charge in [-0.25, -0.2) is 0 Å². The van der Waals surface area contributed by atoms with Crippen molar-refractivity contribution in [3.8, 4) is 11.8 Å². The molecule has 0 atom stereocenters. The fraction of sp³-hybridized carbons (Fsp3) is 0.100. The van der Waals surface area contributed by atoms with Gasteiger partial charge in [0, 0.05) is 11.8 Å². The number of ether oxygens (including phenoxy) is 1. The molecular formula is C10H9BrN4O. The van der Waals surface area contributed by atoms with Gasteiger partial charge in [0.05, 0.1) is 6.20 Å². The number of hydrogen-bond donors (Lipinski definition) is 1. The van der Waals surface area contributed by atoms with Crippen LogP contribution in [0.2, 0.25) is 0 Å². The smallest absolute Gasteiger partial charge is 0.325 e. The molecule has 2 aromatic heterocycles. The van der Waals surface area contributed by atoms with E-state index in [-0.39, 0.29) is 6.01 Å². The Labute approximate surface area is 101 Å². The molecule has 0 fully saturated rings. The summed E-state index contributed by atoms with van der Waals surface area (Å²) in [5.41, 5.74) is 6.48. The van der Waals surface area contributed by atoms with Gasteiger partial charge in [0.25, 0.3) is 0 Å². The van der Waals surface area contributed by atoms with Crippen molar-refractivity contribution in [2.24, 2.45) is 0 Å². The molecule has 0 aromatic carbocycles. The number of nitrogens with zero attached hydrogens (tertiary/aromatic N) is 3. The van der Waals surface area contributed by atoms with Gasteiger partial charge in [-0.2, -0.15) is 9.97 Å². The first-order valence-electron chi connectivity index (χ1n) is 4.54. The first-order valence-corrected chi connectivity index (χ1v) is 5.33. The Hall–Kier alpha value is -1.69. The standard InChI is InChI=1S/C10H9BrN4O/c1-6-2-3-7(5-13-6)16-10-14-8(11)4-9(12)15-10/h2-5H,1H3,(H2,12,14,15). The van der Waals surface area contributed by atoms with Gasteiger partial charge in [-0.3, -0.25) is 4.98 Å². The number of nitrogen functional groups attached to an aromatic ring is 1. The van der Waals surface area contributed by atoms with Crippen LogP contribution in [0.3, 0.4) is 0 Å². The molecule has 6 heteroatoms. The van der Waals surface area contributed by atoms with Gasteiger partial charge in [-0.15, -0.1) is 0 Å². The second kappa shape index (κ2) is 4.44. The number of rotatable bonds is 2. The number of pyridine rings is 1. The second-order valence-electron chi connectivity index (χ2n) is 3.14. The molecule has 0 saturated heterocycles. The highest BCUT2D eigenvalue weighted by atomic mass is 79.9. The molecule has 2 rings (SSSR count). The minimum Gasteiger partial charge on any atom is -0.423 e. The van der Waals surface area contributed by atoms with Crippen molar-refractivity contribution in [2.75, 3.05) is 5.73 Å². The van der Waals surface area contributed by atoms with Crippen molar-refractivity contribution in [1.29, 1.82) is 0 Å². The van der Waals surface area contributed by atoms with Crippen molar-refractivity contribution in [3.63, 3.8) is 0 Å². The maximum absolute atomic E-state index is 5.56. The summed E-state index contributed by atoms with van der Waals surface area (Å²) in [6.45, 7) is 1.90. The SMILES string of the molecule is Cc1ccc(Oc2nc(N)cc(Br)n2)cn1. The zero-order valence-electron chi connectivity index (χ0n) is 8.51. The van der Waals surface area contributed by atoms with Crippen LogP contribution in [0.15, 0.2) is 29.0 Å². The molecule has 82 valence electrons. The molecule has 0 unspecified atom stereocenters. The maximum Gasteiger partial charge on any atom is 0.325 e. The van der Waals surface area contributed by atoms with Gasteiger partial charge in [0.15, 0.2) is 0 Å². The number of hydrogen-bond acceptors (Lipinski definition) is 5. The Morgan fingerprint density at radius 2 is 2.12 bits per heavy atom. The van der Waals surface area contributed by atoms with Gasteiger partial charge in [0.1, 0.15) is 16.2 Å². The summed E-state index contributed by atoms with van der Waals surface area (Å²) in [6.07, 6.45) is 1.61. The van der Waals surface area contributed by atoms with Crippen molar-refractivity contribution in [3.05, 3.63) is 34.7 Å². The van der Waals surface area contributed by atoms with Gasteiger partial charge in [0.2, 0.25) is 0 Å². The molecule has 0 amide bonds. The normalized spacial score (nSPS) is 10.1. The Balaban J connectivity index is 2.23. The molecule has 0 spiro atoms. The van der Waals surface area contributed by atoms with E-state index >= 15 is 0 Å². The van der Waals surface area contributed by atoms with Crippen molar-refractivity contribution in [1.82, 2.24) is 15.0 Å². The Bertz CT molecular complexity index is 480. The number of halogens is 1. The first kappa shape index (κ1) is 10.8. The predicted octanol–water partition coefficient (Wildman–Crippen LogP) is 2.32. The van der Waals surface area contributed by atoms with E-state index in [9.17, 15) is 0 Å². The van der Waals surface area contributed by atoms with Crippen molar-refractivity contribution < 1.29 is 4.74 Å². The molecule has 0 saturated carbocycles. The summed E-state index contributed by atoms with van der Waals surface area (Å²) < 4.78 is 5.98. The van der Waals surface area contributed by atoms with Crippen molar-refractivity contribution in [2.45, 2.75) is 6.92 Å². The lowest BCUT2D eigenvalue weighted by atomic mass is 10.4. The third-order valence-corrected chi connectivity index (χ3v) is 2.19. The monoisotopic (exact) mass is 280 g/mol. The molecule has 0 aliphatic heterocycles. The molecule has 5 nitrogen and oxygen atoms in total. The zero-order chi connectivity index (χ0) is 11.5. The zero-order valence-corrected chi connectivity index (χ0v) is 10.1. The van der Waals surface area contributed by atoms with E-state index in [1.807, 2.05) is 13.0 Å². The van der Waals surface area contributed by atoms with E-state index in [2.05, 4.69) is 30.9 Å². The van der Waals surface area contributed by atoms with Gasteiger partial charge < -0.3 is 10.5 Å². The summed E-state index contributed by atoms with van der Waals surface area (Å²) in [6, 6.07) is 5.43. The molecule has 2 heterocycles. The predicted molar refractivity (Wildman–Crippen MR) is 63.2 cm³/mol. The molecule has 0 bridgehead atoms. The van der Waals surface area contributed by atoms with E-state index in [0.29, 0.717) is 16.2 Å². The topological polar surface area (TPSA) is 73.9 Å². The lowest BCUT2D eigenvalue weighted by Gasteiger charge is -2.04. The first-order chi connectivity index (χ1) is 7.63. The highest BCUT2D eigenvalue weighted by Gasteiger charge is 2.03. The van der Waals surface area contributed by atoms with Gasteiger partial charge in [-0.1, -0.05) is 0 Å². The quantitative estimate of drug-likeness (QED) is 0.855. The number of aromatic nitrogens is 3. The third-order valence-electron chi connectivity index (χ3n) is 1.79. The van der Waals surface area contributed by atoms with Crippen LogP contribution in [0, 0.1) is 6.92 Å². The maximum atomic E-state index is 5.56. The number of anilines is 1. The largest absolute Gasteiger partial charge is 0.423 e. The number of nitrogens with two attached hydrogens (primary N) is 1. The molecule has 0 aliphatic rings. The van der Waals surface area contributed by atoms with Crippen LogP contribution in [0.25, 0.3) is 0 Å². The van der Waals surface area contributed by atoms with Crippen LogP contribution in [-0.4, -0.2) is 15.0 Å². The fourth-order valence-corrected chi connectivity index (χ4v) is 1.47. The Morgan fingerprint density at radius 1 is 1.31 bits per heavy atom. The fourth-order valence-electron chi connectivity index (χ4n) is 1.08. The molecule has 0 aliphatic carbocycles. The molecule has 0 radical (unpaired) electrons. The van der Waals surface area contributed by atoms with Crippen LogP contribution in [0.1, 0.15) is 5.69 Å². The van der Waals surface area contributed by atoms with E-state index in [1.54, 1.807) is 18.3 Å². The summed E-state index contributed by atoms with van der Waals surface area (Å²) in [5, 5.41) is 0. The van der Waals surface area contributed by atoms with Gasteiger partial charge >= 0.3 is 6.01 Å². The Kier molecular flexibility index (Phi) is 3.00. The van der Waals surface area contributed by atoms with Crippen LogP contribution in [-0.2, 0) is 0 Å². The molecule has 2 aromatic rings. The highest BCUT2D eigenvalue weighted by Crippen LogP contribution is 2.20. The summed E-state index contributed by atoms with van der Waals surface area (Å²) in [7, 11) is 0. The van der Waals surface area contributed by atoms with Gasteiger partial charge in [-0.05, 0) is 35.0 Å². The third kappa shape index (κ3) is 2.66. The summed E-state index contributed by atoms with van der Waals surface area (Å²) in [5.74, 6) is 0.917. The van der Waals surface area contributed by atoms with Crippen molar-refractivity contribution >= 4 is 21.7 Å². The summed E-state index contributed by atoms with van der Waals surface area (Å²) >= 11 is 3.21. The van der Waals surface area contributed by atoms with Crippen LogP contribution >= 0.6 is 15.9 Å². The molecule has 16 heavy (non-hydrogen) atoms. The lowest BCUT2D eigenvalue weighted by Crippen LogP contribution is -1.97. The average Bonchev–Trinajstić information content (AvgIpc) is 2.20. The molecular weight excluding hydrogens is 272 g/mol. The van der Waals surface area contributed by atoms with E-state index in [1.165, 1.54) is 0 Å². The van der Waals surface area contributed by atoms with E-state index in [0.717, 1.165) is 5.69 Å². The minimum absolute atomic E-state index is 0.192. The minimum atomic E-state index is 0.192. The molecule has 2 N–H and O–H groups in total. The number of aryl methyl sites for hydroxylation is 1.